The summed E-state index contributed by atoms with van der Waals surface area (Å²) < 4.78 is 0. The summed E-state index contributed by atoms with van der Waals surface area (Å²) in [6.45, 7) is 1.14. The number of hydrogen-bond donors (Lipinski definition) is 2. The number of rotatable bonds is 4. The van der Waals surface area contributed by atoms with Crippen LogP contribution >= 0.6 is 0 Å². The molecule has 4 unspecified atom stereocenters. The third kappa shape index (κ3) is 2.65. The normalized spacial score (nSPS) is 39.8. The molecule has 3 fully saturated rings. The molecule has 1 heterocycles. The Labute approximate surface area is 104 Å². The molecule has 1 aliphatic heterocycles. The van der Waals surface area contributed by atoms with Crippen LogP contribution in [0.4, 0.5) is 0 Å². The van der Waals surface area contributed by atoms with Crippen molar-refractivity contribution in [3.05, 3.63) is 0 Å². The Hall–Kier alpha value is -0.570. The average Bonchev–Trinajstić information content (AvgIpc) is 3.03. The molecule has 1 saturated heterocycles. The minimum atomic E-state index is 0.288. The summed E-state index contributed by atoms with van der Waals surface area (Å²) in [6.07, 6.45) is 9.63. The molecule has 3 aliphatic rings. The fourth-order valence-electron chi connectivity index (χ4n) is 4.01. The van der Waals surface area contributed by atoms with Crippen LogP contribution in [0.15, 0.2) is 0 Å². The highest BCUT2D eigenvalue weighted by atomic mass is 16.1. The van der Waals surface area contributed by atoms with Crippen molar-refractivity contribution >= 4 is 5.91 Å². The third-order valence-corrected chi connectivity index (χ3v) is 4.97. The Morgan fingerprint density at radius 2 is 2.18 bits per heavy atom. The predicted molar refractivity (Wildman–Crippen MR) is 67.6 cm³/mol. The van der Waals surface area contributed by atoms with Crippen molar-refractivity contribution in [3.8, 4) is 0 Å². The van der Waals surface area contributed by atoms with Crippen LogP contribution in [-0.2, 0) is 4.79 Å². The van der Waals surface area contributed by atoms with E-state index >= 15 is 0 Å². The van der Waals surface area contributed by atoms with E-state index in [2.05, 4.69) is 10.6 Å². The lowest BCUT2D eigenvalue weighted by molar-refractivity contribution is -0.122. The smallest absolute Gasteiger partial charge is 0.220 e. The largest absolute Gasteiger partial charge is 0.353 e. The molecule has 0 aromatic rings. The molecule has 3 nitrogen and oxygen atoms in total. The molecule has 17 heavy (non-hydrogen) atoms. The first-order valence-electron chi connectivity index (χ1n) is 7.34. The van der Waals surface area contributed by atoms with Gasteiger partial charge in [0.15, 0.2) is 0 Å². The van der Waals surface area contributed by atoms with Crippen LogP contribution in [0.3, 0.4) is 0 Å². The van der Waals surface area contributed by atoms with Crippen LogP contribution < -0.4 is 10.6 Å². The maximum Gasteiger partial charge on any atom is 0.220 e. The van der Waals surface area contributed by atoms with E-state index in [1.807, 2.05) is 0 Å². The van der Waals surface area contributed by atoms with Crippen molar-refractivity contribution in [1.29, 1.82) is 0 Å². The maximum atomic E-state index is 11.9. The van der Waals surface area contributed by atoms with Gasteiger partial charge < -0.3 is 10.6 Å². The first-order chi connectivity index (χ1) is 8.31. The minimum absolute atomic E-state index is 0.288. The summed E-state index contributed by atoms with van der Waals surface area (Å²) in [5, 5.41) is 6.72. The van der Waals surface area contributed by atoms with Gasteiger partial charge in [-0.15, -0.1) is 0 Å². The Kier molecular flexibility index (Phi) is 3.37. The predicted octanol–water partition coefficient (Wildman–Crippen LogP) is 1.82. The lowest BCUT2D eigenvalue weighted by atomic mass is 9.95. The molecule has 2 aliphatic carbocycles. The zero-order valence-corrected chi connectivity index (χ0v) is 10.6. The lowest BCUT2D eigenvalue weighted by Crippen LogP contribution is -2.39. The van der Waals surface area contributed by atoms with E-state index in [-0.39, 0.29) is 5.91 Å². The van der Waals surface area contributed by atoms with E-state index in [1.165, 1.54) is 38.5 Å². The average molecular weight is 236 g/mol. The minimum Gasteiger partial charge on any atom is -0.353 e. The van der Waals surface area contributed by atoms with Gasteiger partial charge in [-0.05, 0) is 56.9 Å². The maximum absolute atomic E-state index is 11.9. The van der Waals surface area contributed by atoms with Gasteiger partial charge in [-0.25, -0.2) is 0 Å². The molecular weight excluding hydrogens is 212 g/mol. The van der Waals surface area contributed by atoms with Crippen LogP contribution in [-0.4, -0.2) is 24.5 Å². The van der Waals surface area contributed by atoms with Gasteiger partial charge in [0, 0.05) is 18.5 Å². The fraction of sp³-hybridized carbons (Fsp3) is 0.929. The standard InChI is InChI=1S/C14H24N2O/c17-14(6-5-12-2-1-7-15-12)16-13-9-10-3-4-11(13)8-10/h10-13,15H,1-9H2,(H,16,17). The first-order valence-corrected chi connectivity index (χ1v) is 7.34. The molecule has 2 N–H and O–H groups in total. The van der Waals surface area contributed by atoms with Crippen molar-refractivity contribution in [1.82, 2.24) is 10.6 Å². The lowest BCUT2D eigenvalue weighted by Gasteiger charge is -2.23. The highest BCUT2D eigenvalue weighted by Crippen LogP contribution is 2.44. The molecule has 4 atom stereocenters. The number of amides is 1. The zero-order chi connectivity index (χ0) is 11.7. The molecule has 0 spiro atoms. The summed E-state index contributed by atoms with van der Waals surface area (Å²) in [6, 6.07) is 1.11. The van der Waals surface area contributed by atoms with E-state index in [0.717, 1.165) is 24.8 Å². The zero-order valence-electron chi connectivity index (χ0n) is 10.6. The molecule has 96 valence electrons. The number of carbonyl (C=O) groups excluding carboxylic acids is 1. The van der Waals surface area contributed by atoms with Crippen molar-refractivity contribution < 1.29 is 4.79 Å². The number of nitrogens with one attached hydrogen (secondary N) is 2. The van der Waals surface area contributed by atoms with Crippen LogP contribution in [0.5, 0.6) is 0 Å². The molecule has 0 aromatic heterocycles. The summed E-state index contributed by atoms with van der Waals surface area (Å²) >= 11 is 0. The van der Waals surface area contributed by atoms with E-state index in [9.17, 15) is 4.79 Å². The second kappa shape index (κ2) is 4.97. The monoisotopic (exact) mass is 236 g/mol. The first kappa shape index (κ1) is 11.5. The van der Waals surface area contributed by atoms with Crippen molar-refractivity contribution in [2.45, 2.75) is 63.5 Å². The van der Waals surface area contributed by atoms with Gasteiger partial charge >= 0.3 is 0 Å². The second-order valence-corrected chi connectivity index (χ2v) is 6.18. The molecule has 3 heteroatoms. The van der Waals surface area contributed by atoms with E-state index in [4.69, 9.17) is 0 Å². The van der Waals surface area contributed by atoms with Gasteiger partial charge in [0.25, 0.3) is 0 Å². The Morgan fingerprint density at radius 1 is 1.24 bits per heavy atom. The Balaban J connectivity index is 1.38. The van der Waals surface area contributed by atoms with Crippen molar-refractivity contribution in [2.24, 2.45) is 11.8 Å². The highest BCUT2D eigenvalue weighted by Gasteiger charge is 2.39. The van der Waals surface area contributed by atoms with Crippen LogP contribution in [0.2, 0.25) is 0 Å². The molecule has 2 bridgehead atoms. The summed E-state index contributed by atoms with van der Waals surface area (Å²) in [4.78, 5) is 11.9. The SMILES string of the molecule is O=C(CCC1CCCN1)NC1CC2CCC1C2. The quantitative estimate of drug-likeness (QED) is 0.782. The number of carbonyl (C=O) groups is 1. The van der Waals surface area contributed by atoms with Crippen molar-refractivity contribution in [2.75, 3.05) is 6.54 Å². The second-order valence-electron chi connectivity index (χ2n) is 6.18. The van der Waals surface area contributed by atoms with E-state index < -0.39 is 0 Å². The van der Waals surface area contributed by atoms with Crippen LogP contribution in [0.1, 0.15) is 51.4 Å². The number of fused-ring (bicyclic) bond motifs is 2. The van der Waals surface area contributed by atoms with Crippen molar-refractivity contribution in [3.63, 3.8) is 0 Å². The van der Waals surface area contributed by atoms with Crippen LogP contribution in [0, 0.1) is 11.8 Å². The Bertz CT molecular complexity index is 286. The van der Waals surface area contributed by atoms with Gasteiger partial charge in [0.2, 0.25) is 5.91 Å². The van der Waals surface area contributed by atoms with Gasteiger partial charge in [-0.3, -0.25) is 4.79 Å². The molecular formula is C14H24N2O. The van der Waals surface area contributed by atoms with Gasteiger partial charge in [0.05, 0.1) is 0 Å². The van der Waals surface area contributed by atoms with Gasteiger partial charge in [0.1, 0.15) is 0 Å². The van der Waals surface area contributed by atoms with Gasteiger partial charge in [-0.1, -0.05) is 6.42 Å². The highest BCUT2D eigenvalue weighted by molar-refractivity contribution is 5.76. The van der Waals surface area contributed by atoms with Crippen LogP contribution in [0.25, 0.3) is 0 Å². The summed E-state index contributed by atoms with van der Waals surface area (Å²) in [7, 11) is 0. The summed E-state index contributed by atoms with van der Waals surface area (Å²) in [5.41, 5.74) is 0. The van der Waals surface area contributed by atoms with Gasteiger partial charge in [-0.2, -0.15) is 0 Å². The fourth-order valence-corrected chi connectivity index (χ4v) is 4.01. The molecule has 1 amide bonds. The molecule has 0 radical (unpaired) electrons. The summed E-state index contributed by atoms with van der Waals surface area (Å²) in [5.74, 6) is 2.01. The molecule has 3 rings (SSSR count). The van der Waals surface area contributed by atoms with E-state index in [0.29, 0.717) is 18.5 Å². The molecule has 2 saturated carbocycles. The third-order valence-electron chi connectivity index (χ3n) is 4.97. The number of hydrogen-bond acceptors (Lipinski definition) is 2. The molecule has 0 aromatic carbocycles. The van der Waals surface area contributed by atoms with E-state index in [1.54, 1.807) is 0 Å². The topological polar surface area (TPSA) is 41.1 Å². The Morgan fingerprint density at radius 3 is 2.82 bits per heavy atom.